The Morgan fingerprint density at radius 3 is 2.67 bits per heavy atom. The van der Waals surface area contributed by atoms with E-state index in [4.69, 9.17) is 16.3 Å². The molecule has 0 atom stereocenters. The summed E-state index contributed by atoms with van der Waals surface area (Å²) >= 11 is 5.82. The van der Waals surface area contributed by atoms with Gasteiger partial charge in [-0.1, -0.05) is 24.3 Å². The van der Waals surface area contributed by atoms with Crippen molar-refractivity contribution in [3.8, 4) is 11.4 Å². The number of alkyl halides is 3. The Morgan fingerprint density at radius 1 is 1.42 bits per heavy atom. The largest absolute Gasteiger partial charge is 0.488 e. The van der Waals surface area contributed by atoms with Crippen molar-refractivity contribution in [2.45, 2.75) is 13.1 Å². The third kappa shape index (κ3) is 3.43. The van der Waals surface area contributed by atoms with Crippen LogP contribution in [0.3, 0.4) is 0 Å². The summed E-state index contributed by atoms with van der Waals surface area (Å²) in [5.41, 5.74) is -3.25. The van der Waals surface area contributed by atoms with E-state index in [1.54, 1.807) is 0 Å². The number of ether oxygens (including phenoxy) is 1. The quantitative estimate of drug-likeness (QED) is 0.611. The Hall–Kier alpha value is -2.35. The van der Waals surface area contributed by atoms with Crippen LogP contribution in [0.1, 0.15) is 11.1 Å². The van der Waals surface area contributed by atoms with E-state index < -0.39 is 28.7 Å². The van der Waals surface area contributed by atoms with Gasteiger partial charge in [-0.05, 0) is 13.0 Å². The highest BCUT2D eigenvalue weighted by Gasteiger charge is 2.34. The van der Waals surface area contributed by atoms with Gasteiger partial charge in [0.15, 0.2) is 5.82 Å². The van der Waals surface area contributed by atoms with Gasteiger partial charge in [0.05, 0.1) is 16.8 Å². The third-order valence-corrected chi connectivity index (χ3v) is 3.41. The predicted molar refractivity (Wildman–Crippen MR) is 80.2 cm³/mol. The van der Waals surface area contributed by atoms with Crippen molar-refractivity contribution in [3.05, 3.63) is 63.3 Å². The molecular formula is C15H11ClF4N2O2. The first-order chi connectivity index (χ1) is 11.2. The second kappa shape index (κ2) is 6.64. The molecule has 1 aromatic heterocycles. The lowest BCUT2D eigenvalue weighted by molar-refractivity contribution is -0.138. The normalized spacial score (nSPS) is 11.4. The lowest BCUT2D eigenvalue weighted by Gasteiger charge is -2.13. The number of hydrogen-bond acceptors (Lipinski definition) is 3. The number of benzene rings is 1. The molecule has 0 unspecified atom stereocenters. The summed E-state index contributed by atoms with van der Waals surface area (Å²) in [6, 6.07) is 1.97. The van der Waals surface area contributed by atoms with Crippen LogP contribution in [0.15, 0.2) is 35.8 Å². The Labute approximate surface area is 138 Å². The van der Waals surface area contributed by atoms with Crippen LogP contribution in [-0.4, -0.2) is 16.4 Å². The molecule has 0 aliphatic heterocycles. The van der Waals surface area contributed by atoms with Crippen LogP contribution >= 0.6 is 11.6 Å². The van der Waals surface area contributed by atoms with E-state index in [1.807, 2.05) is 0 Å². The summed E-state index contributed by atoms with van der Waals surface area (Å²) in [7, 11) is 0. The molecule has 0 saturated heterocycles. The summed E-state index contributed by atoms with van der Waals surface area (Å²) in [6.45, 7) is 4.51. The van der Waals surface area contributed by atoms with Gasteiger partial charge in [-0.15, -0.1) is 0 Å². The highest BCUT2D eigenvalue weighted by molar-refractivity contribution is 6.32. The maximum Gasteiger partial charge on any atom is 0.418 e. The van der Waals surface area contributed by atoms with E-state index in [9.17, 15) is 22.4 Å². The van der Waals surface area contributed by atoms with Crippen molar-refractivity contribution in [1.82, 2.24) is 9.78 Å². The van der Waals surface area contributed by atoms with Gasteiger partial charge in [0.2, 0.25) is 0 Å². The molecule has 0 radical (unpaired) electrons. The minimum absolute atomic E-state index is 0.0409. The molecule has 128 valence electrons. The summed E-state index contributed by atoms with van der Waals surface area (Å²) < 4.78 is 58.2. The van der Waals surface area contributed by atoms with Crippen molar-refractivity contribution in [2.75, 3.05) is 6.61 Å². The molecule has 9 heteroatoms. The van der Waals surface area contributed by atoms with Gasteiger partial charge >= 0.3 is 6.18 Å². The smallest absolute Gasteiger partial charge is 0.418 e. The first-order valence-electron chi connectivity index (χ1n) is 6.56. The zero-order valence-corrected chi connectivity index (χ0v) is 13.1. The van der Waals surface area contributed by atoms with Crippen LogP contribution < -0.4 is 10.3 Å². The van der Waals surface area contributed by atoms with E-state index in [1.165, 1.54) is 6.08 Å². The molecule has 2 aromatic rings. The zero-order valence-electron chi connectivity index (χ0n) is 12.3. The Morgan fingerprint density at radius 2 is 2.08 bits per heavy atom. The van der Waals surface area contributed by atoms with Crippen molar-refractivity contribution in [3.63, 3.8) is 0 Å². The molecule has 0 fully saturated rings. The molecule has 4 nitrogen and oxygen atoms in total. The van der Waals surface area contributed by atoms with Crippen molar-refractivity contribution < 1.29 is 22.3 Å². The number of halogens is 5. The molecular weight excluding hydrogens is 352 g/mol. The van der Waals surface area contributed by atoms with Crippen LogP contribution in [-0.2, 0) is 6.18 Å². The van der Waals surface area contributed by atoms with Gasteiger partial charge < -0.3 is 4.74 Å². The molecule has 0 spiro atoms. The molecule has 1 aromatic carbocycles. The van der Waals surface area contributed by atoms with Crippen molar-refractivity contribution in [1.29, 1.82) is 0 Å². The Bertz CT molecular complexity index is 847. The molecule has 0 N–H and O–H groups in total. The first-order valence-corrected chi connectivity index (χ1v) is 6.94. The highest BCUT2D eigenvalue weighted by Crippen LogP contribution is 2.31. The average Bonchev–Trinajstić information content (AvgIpc) is 2.48. The summed E-state index contributed by atoms with van der Waals surface area (Å²) in [6.07, 6.45) is -2.84. The summed E-state index contributed by atoms with van der Waals surface area (Å²) in [4.78, 5) is 12.1. The van der Waals surface area contributed by atoms with Crippen LogP contribution in [0.4, 0.5) is 17.6 Å². The van der Waals surface area contributed by atoms with Crippen LogP contribution in [0.2, 0.25) is 5.02 Å². The number of hydrogen-bond donors (Lipinski definition) is 0. The van der Waals surface area contributed by atoms with E-state index in [-0.39, 0.29) is 23.1 Å². The fraction of sp³-hybridized carbons (Fsp3) is 0.200. The second-order valence-electron chi connectivity index (χ2n) is 4.73. The molecule has 2 rings (SSSR count). The lowest BCUT2D eigenvalue weighted by Crippen LogP contribution is -2.27. The number of aromatic nitrogens is 2. The molecule has 0 aliphatic rings. The molecule has 24 heavy (non-hydrogen) atoms. The van der Waals surface area contributed by atoms with Gasteiger partial charge in [0.1, 0.15) is 18.0 Å². The molecule has 0 amide bonds. The number of rotatable bonds is 4. The Kier molecular flexibility index (Phi) is 4.98. The highest BCUT2D eigenvalue weighted by atomic mass is 35.5. The van der Waals surface area contributed by atoms with Gasteiger partial charge in [0.25, 0.3) is 5.56 Å². The fourth-order valence-corrected chi connectivity index (χ4v) is 2.14. The SMILES string of the molecule is C=CCOc1cc(-n2ncc(C(F)(F)F)c(C)c2=O)c(F)cc1Cl. The fourth-order valence-electron chi connectivity index (χ4n) is 1.94. The van der Waals surface area contributed by atoms with Gasteiger partial charge in [-0.25, -0.2) is 4.39 Å². The van der Waals surface area contributed by atoms with Gasteiger partial charge in [-0.3, -0.25) is 4.79 Å². The maximum atomic E-state index is 14.1. The average molecular weight is 363 g/mol. The summed E-state index contributed by atoms with van der Waals surface area (Å²) in [5, 5.41) is 3.35. The van der Waals surface area contributed by atoms with E-state index in [2.05, 4.69) is 11.7 Å². The van der Waals surface area contributed by atoms with Crippen molar-refractivity contribution in [2.24, 2.45) is 0 Å². The topological polar surface area (TPSA) is 44.1 Å². The zero-order chi connectivity index (χ0) is 18.1. The van der Waals surface area contributed by atoms with E-state index in [0.717, 1.165) is 19.1 Å². The number of nitrogens with zero attached hydrogens (tertiary/aromatic N) is 2. The molecule has 0 aliphatic carbocycles. The first kappa shape index (κ1) is 18.0. The van der Waals surface area contributed by atoms with Crippen LogP contribution in [0.5, 0.6) is 5.75 Å². The van der Waals surface area contributed by atoms with Crippen LogP contribution in [0, 0.1) is 12.7 Å². The predicted octanol–water partition coefficient (Wildman–Crippen LogP) is 3.92. The van der Waals surface area contributed by atoms with E-state index >= 15 is 0 Å². The van der Waals surface area contributed by atoms with Crippen molar-refractivity contribution >= 4 is 11.6 Å². The second-order valence-corrected chi connectivity index (χ2v) is 5.14. The minimum Gasteiger partial charge on any atom is -0.488 e. The van der Waals surface area contributed by atoms with E-state index in [0.29, 0.717) is 10.9 Å². The van der Waals surface area contributed by atoms with Gasteiger partial charge in [0, 0.05) is 11.6 Å². The Balaban J connectivity index is 2.62. The van der Waals surface area contributed by atoms with Gasteiger partial charge in [-0.2, -0.15) is 23.0 Å². The monoisotopic (exact) mass is 362 g/mol. The lowest BCUT2D eigenvalue weighted by atomic mass is 10.2. The standard InChI is InChI=1S/C15H11ClF4N2O2/c1-3-4-24-13-6-12(11(17)5-10(13)16)22-14(23)8(2)9(7-21-22)15(18,19)20/h3,5-7H,1,4H2,2H3. The molecule has 0 bridgehead atoms. The maximum absolute atomic E-state index is 14.1. The summed E-state index contributed by atoms with van der Waals surface area (Å²) in [5.74, 6) is -0.890. The third-order valence-electron chi connectivity index (χ3n) is 3.11. The molecule has 0 saturated carbocycles. The minimum atomic E-state index is -4.73. The molecule has 1 heterocycles. The van der Waals surface area contributed by atoms with Crippen LogP contribution in [0.25, 0.3) is 5.69 Å².